The average molecular weight is 229 g/mol. The average Bonchev–Trinajstić information content (AvgIpc) is 2.66. The summed E-state index contributed by atoms with van der Waals surface area (Å²) in [4.78, 5) is 18.2. The van der Waals surface area contributed by atoms with Crippen LogP contribution in [0.5, 0.6) is 0 Å². The van der Waals surface area contributed by atoms with Crippen LogP contribution >= 0.6 is 11.6 Å². The van der Waals surface area contributed by atoms with Crippen molar-refractivity contribution in [2.75, 3.05) is 7.11 Å². The van der Waals surface area contributed by atoms with E-state index in [1.54, 1.807) is 0 Å². The normalized spacial score (nSPS) is 13.2. The molecule has 2 aromatic rings. The van der Waals surface area contributed by atoms with Crippen LogP contribution in [0.4, 0.5) is 0 Å². The number of aromatic nitrogens is 4. The number of rotatable bonds is 3. The van der Waals surface area contributed by atoms with E-state index in [-0.39, 0.29) is 5.56 Å². The third-order valence-corrected chi connectivity index (χ3v) is 2.30. The predicted octanol–water partition coefficient (Wildman–Crippen LogP) is 0.400. The van der Waals surface area contributed by atoms with E-state index in [0.717, 1.165) is 0 Å². The number of aromatic amines is 2. The van der Waals surface area contributed by atoms with E-state index in [2.05, 4.69) is 20.2 Å². The smallest absolute Gasteiger partial charge is 0.276 e. The molecule has 0 aliphatic carbocycles. The van der Waals surface area contributed by atoms with Gasteiger partial charge in [0.1, 0.15) is 22.4 Å². The van der Waals surface area contributed by atoms with Gasteiger partial charge >= 0.3 is 0 Å². The standard InChI is InChI=1S/C8H9ClN4O2/c1-15-5(9)2-6-11-4-3-10-13-7(4)8(14)12-6/h3,5H,2H2,1H3,(H,10,13)(H,11,12,14)/t5-/m1/s1. The Bertz CT molecular complexity index is 521. The van der Waals surface area contributed by atoms with Gasteiger partial charge in [-0.1, -0.05) is 11.6 Å². The molecule has 0 fully saturated rings. The molecule has 0 aromatic carbocycles. The number of nitrogens with zero attached hydrogens (tertiary/aromatic N) is 2. The fraction of sp³-hybridized carbons (Fsp3) is 0.375. The number of fused-ring (bicyclic) bond motifs is 1. The minimum atomic E-state index is -0.502. The first-order chi connectivity index (χ1) is 7.20. The van der Waals surface area contributed by atoms with E-state index >= 15 is 0 Å². The van der Waals surface area contributed by atoms with Gasteiger partial charge in [0, 0.05) is 13.5 Å². The number of hydrogen-bond donors (Lipinski definition) is 2. The highest BCUT2D eigenvalue weighted by molar-refractivity contribution is 6.19. The van der Waals surface area contributed by atoms with Crippen molar-refractivity contribution in [1.82, 2.24) is 20.2 Å². The van der Waals surface area contributed by atoms with Crippen molar-refractivity contribution >= 4 is 22.6 Å². The Balaban J connectivity index is 2.41. The van der Waals surface area contributed by atoms with Crippen molar-refractivity contribution in [2.45, 2.75) is 12.0 Å². The van der Waals surface area contributed by atoms with Crippen LogP contribution in [0.2, 0.25) is 0 Å². The van der Waals surface area contributed by atoms with E-state index in [0.29, 0.717) is 23.3 Å². The molecule has 0 aliphatic heterocycles. The second kappa shape index (κ2) is 4.00. The maximum atomic E-state index is 11.5. The van der Waals surface area contributed by atoms with Gasteiger partial charge in [-0.05, 0) is 0 Å². The van der Waals surface area contributed by atoms with Gasteiger partial charge in [-0.3, -0.25) is 9.89 Å². The highest BCUT2D eigenvalue weighted by Crippen LogP contribution is 2.06. The number of alkyl halides is 1. The van der Waals surface area contributed by atoms with Crippen molar-refractivity contribution in [3.63, 3.8) is 0 Å². The number of methoxy groups -OCH3 is 1. The van der Waals surface area contributed by atoms with E-state index in [1.165, 1.54) is 13.3 Å². The molecule has 15 heavy (non-hydrogen) atoms. The molecule has 0 bridgehead atoms. The second-order valence-corrected chi connectivity index (χ2v) is 3.48. The van der Waals surface area contributed by atoms with E-state index in [9.17, 15) is 4.79 Å². The maximum absolute atomic E-state index is 11.5. The summed E-state index contributed by atoms with van der Waals surface area (Å²) < 4.78 is 4.87. The van der Waals surface area contributed by atoms with Crippen LogP contribution in [0, 0.1) is 0 Å². The van der Waals surface area contributed by atoms with Crippen LogP contribution in [0.3, 0.4) is 0 Å². The first-order valence-corrected chi connectivity index (χ1v) is 4.73. The van der Waals surface area contributed by atoms with E-state index < -0.39 is 5.56 Å². The quantitative estimate of drug-likeness (QED) is 0.745. The lowest BCUT2D eigenvalue weighted by atomic mass is 10.4. The fourth-order valence-electron chi connectivity index (χ4n) is 1.23. The molecule has 6 nitrogen and oxygen atoms in total. The van der Waals surface area contributed by atoms with Crippen molar-refractivity contribution < 1.29 is 4.74 Å². The van der Waals surface area contributed by atoms with Crippen LogP contribution in [-0.2, 0) is 11.2 Å². The van der Waals surface area contributed by atoms with Gasteiger partial charge in [-0.25, -0.2) is 4.98 Å². The topological polar surface area (TPSA) is 83.7 Å². The third-order valence-electron chi connectivity index (χ3n) is 1.97. The lowest BCUT2D eigenvalue weighted by Gasteiger charge is -2.05. The van der Waals surface area contributed by atoms with Gasteiger partial charge in [-0.2, -0.15) is 5.10 Å². The number of nitrogens with one attached hydrogen (secondary N) is 2. The molecule has 2 rings (SSSR count). The van der Waals surface area contributed by atoms with Crippen LogP contribution in [0.25, 0.3) is 11.0 Å². The Kier molecular flexibility index (Phi) is 2.70. The Morgan fingerprint density at radius 3 is 3.20 bits per heavy atom. The minimum absolute atomic E-state index is 0.257. The number of ether oxygens (including phenoxy) is 1. The largest absolute Gasteiger partial charge is 0.365 e. The monoisotopic (exact) mass is 228 g/mol. The van der Waals surface area contributed by atoms with Gasteiger partial charge in [0.25, 0.3) is 5.56 Å². The summed E-state index contributed by atoms with van der Waals surface area (Å²) in [6, 6.07) is 0. The molecule has 80 valence electrons. The molecule has 0 aliphatic rings. The summed E-state index contributed by atoms with van der Waals surface area (Å²) in [5.41, 5.74) is 0.126. The van der Waals surface area contributed by atoms with Gasteiger partial charge in [-0.15, -0.1) is 0 Å². The highest BCUT2D eigenvalue weighted by Gasteiger charge is 2.09. The Morgan fingerprint density at radius 2 is 2.47 bits per heavy atom. The van der Waals surface area contributed by atoms with Crippen molar-refractivity contribution in [3.05, 3.63) is 22.4 Å². The zero-order valence-electron chi connectivity index (χ0n) is 7.95. The predicted molar refractivity (Wildman–Crippen MR) is 54.9 cm³/mol. The first-order valence-electron chi connectivity index (χ1n) is 4.30. The van der Waals surface area contributed by atoms with Gasteiger partial charge in [0.2, 0.25) is 0 Å². The van der Waals surface area contributed by atoms with Crippen molar-refractivity contribution in [3.8, 4) is 0 Å². The Hall–Kier alpha value is -1.40. The molecule has 7 heteroatoms. The van der Waals surface area contributed by atoms with Gasteiger partial charge < -0.3 is 9.72 Å². The lowest BCUT2D eigenvalue weighted by Crippen LogP contribution is -2.15. The molecule has 0 saturated heterocycles. The second-order valence-electron chi connectivity index (χ2n) is 2.99. The summed E-state index contributed by atoms with van der Waals surface area (Å²) in [7, 11) is 1.49. The fourth-order valence-corrected chi connectivity index (χ4v) is 1.38. The third kappa shape index (κ3) is 2.00. The Labute approximate surface area is 89.6 Å². The van der Waals surface area contributed by atoms with Crippen LogP contribution in [0.1, 0.15) is 5.82 Å². The molecule has 2 heterocycles. The number of H-pyrrole nitrogens is 2. The molecule has 2 aromatic heterocycles. The lowest BCUT2D eigenvalue weighted by molar-refractivity contribution is 0.166. The molecule has 2 N–H and O–H groups in total. The molecular weight excluding hydrogens is 220 g/mol. The number of halogens is 1. The van der Waals surface area contributed by atoms with Crippen molar-refractivity contribution in [2.24, 2.45) is 0 Å². The minimum Gasteiger partial charge on any atom is -0.365 e. The first kappa shape index (κ1) is 10.1. The summed E-state index contributed by atoms with van der Waals surface area (Å²) in [6.07, 6.45) is 1.83. The SMILES string of the molecule is CO[C@@H](Cl)Cc1nc2cn[nH]c2c(=O)[nH]1. The molecule has 0 unspecified atom stereocenters. The zero-order chi connectivity index (χ0) is 10.8. The molecular formula is C8H9ClN4O2. The molecule has 0 radical (unpaired) electrons. The van der Waals surface area contributed by atoms with E-state index in [1.807, 2.05) is 0 Å². The molecule has 1 atom stereocenters. The molecule has 0 spiro atoms. The molecule has 0 saturated carbocycles. The number of hydrogen-bond acceptors (Lipinski definition) is 4. The summed E-state index contributed by atoms with van der Waals surface area (Å²) in [5, 5.41) is 6.29. The zero-order valence-corrected chi connectivity index (χ0v) is 8.71. The van der Waals surface area contributed by atoms with Crippen molar-refractivity contribution in [1.29, 1.82) is 0 Å². The molecule has 0 amide bonds. The van der Waals surface area contributed by atoms with Crippen LogP contribution in [0.15, 0.2) is 11.0 Å². The summed E-state index contributed by atoms with van der Waals surface area (Å²) in [5.74, 6) is 0.482. The van der Waals surface area contributed by atoms with Crippen LogP contribution < -0.4 is 5.56 Å². The van der Waals surface area contributed by atoms with Crippen LogP contribution in [-0.4, -0.2) is 32.8 Å². The van der Waals surface area contributed by atoms with Gasteiger partial charge in [0.15, 0.2) is 0 Å². The highest BCUT2D eigenvalue weighted by atomic mass is 35.5. The van der Waals surface area contributed by atoms with Gasteiger partial charge in [0.05, 0.1) is 6.20 Å². The maximum Gasteiger partial charge on any atom is 0.276 e. The summed E-state index contributed by atoms with van der Waals surface area (Å²) in [6.45, 7) is 0. The Morgan fingerprint density at radius 1 is 1.67 bits per heavy atom. The summed E-state index contributed by atoms with van der Waals surface area (Å²) >= 11 is 5.77. The van der Waals surface area contributed by atoms with E-state index in [4.69, 9.17) is 16.3 Å².